The van der Waals surface area contributed by atoms with Gasteiger partial charge in [-0.1, -0.05) is 0 Å². The number of rotatable bonds is 3. The lowest BCUT2D eigenvalue weighted by atomic mass is 10.2. The average Bonchev–Trinajstić information content (AvgIpc) is 2.36. The molecule has 1 rings (SSSR count). The maximum absolute atomic E-state index is 13.1. The summed E-state index contributed by atoms with van der Waals surface area (Å²) in [5.74, 6) is -5.38. The van der Waals surface area contributed by atoms with Crippen molar-refractivity contribution in [2.75, 3.05) is 19.0 Å². The summed E-state index contributed by atoms with van der Waals surface area (Å²) in [7, 11) is 1.10. The summed E-state index contributed by atoms with van der Waals surface area (Å²) in [5, 5.41) is 4.00. The summed E-state index contributed by atoms with van der Waals surface area (Å²) in [6.07, 6.45) is -0.851. The van der Waals surface area contributed by atoms with E-state index in [4.69, 9.17) is 0 Å². The van der Waals surface area contributed by atoms with E-state index in [1.54, 1.807) is 0 Å². The van der Waals surface area contributed by atoms with Crippen LogP contribution in [0.25, 0.3) is 0 Å². The van der Waals surface area contributed by atoms with Gasteiger partial charge in [-0.2, -0.15) is 0 Å². The van der Waals surface area contributed by atoms with Crippen molar-refractivity contribution < 1.29 is 27.5 Å². The molecular weight excluding hydrogens is 253 g/mol. The lowest BCUT2D eigenvalue weighted by Crippen LogP contribution is -2.32. The van der Waals surface area contributed by atoms with Gasteiger partial charge < -0.3 is 15.4 Å². The smallest absolute Gasteiger partial charge is 0.407 e. The van der Waals surface area contributed by atoms with E-state index < -0.39 is 41.7 Å². The van der Waals surface area contributed by atoms with E-state index in [9.17, 15) is 22.8 Å². The Morgan fingerprint density at radius 3 is 2.50 bits per heavy atom. The molecule has 0 saturated carbocycles. The van der Waals surface area contributed by atoms with E-state index in [1.165, 1.54) is 0 Å². The van der Waals surface area contributed by atoms with Gasteiger partial charge in [-0.15, -0.1) is 0 Å². The quantitative estimate of drug-likeness (QED) is 0.809. The second-order valence-electron chi connectivity index (χ2n) is 3.12. The summed E-state index contributed by atoms with van der Waals surface area (Å²) < 4.78 is 42.8. The van der Waals surface area contributed by atoms with Crippen molar-refractivity contribution in [1.82, 2.24) is 5.32 Å². The molecule has 0 saturated heterocycles. The molecule has 2 N–H and O–H groups in total. The molecule has 0 aliphatic rings. The first-order chi connectivity index (χ1) is 8.45. The van der Waals surface area contributed by atoms with E-state index in [0.717, 1.165) is 13.2 Å². The van der Waals surface area contributed by atoms with Crippen molar-refractivity contribution in [2.45, 2.75) is 0 Å². The molecule has 0 bridgehead atoms. The molecule has 0 atom stereocenters. The van der Waals surface area contributed by atoms with Crippen LogP contribution in [0.15, 0.2) is 12.1 Å². The van der Waals surface area contributed by atoms with Gasteiger partial charge in [-0.05, 0) is 12.1 Å². The number of benzene rings is 1. The van der Waals surface area contributed by atoms with Gasteiger partial charge in [0.15, 0.2) is 17.5 Å². The van der Waals surface area contributed by atoms with Crippen LogP contribution in [0.4, 0.5) is 23.7 Å². The summed E-state index contributed by atoms with van der Waals surface area (Å²) in [6, 6.07) is 1.53. The Labute approximate surface area is 99.9 Å². The van der Waals surface area contributed by atoms with E-state index in [-0.39, 0.29) is 0 Å². The van der Waals surface area contributed by atoms with Crippen molar-refractivity contribution in [3.63, 3.8) is 0 Å². The van der Waals surface area contributed by atoms with Crippen LogP contribution >= 0.6 is 0 Å². The van der Waals surface area contributed by atoms with Crippen LogP contribution in [0.3, 0.4) is 0 Å². The first-order valence-corrected chi connectivity index (χ1v) is 4.71. The fraction of sp³-hybridized carbons (Fsp3) is 0.200. The average molecular weight is 262 g/mol. The monoisotopic (exact) mass is 262 g/mol. The van der Waals surface area contributed by atoms with Gasteiger partial charge in [0.05, 0.1) is 12.8 Å². The Morgan fingerprint density at radius 2 is 1.89 bits per heavy atom. The number of halogens is 3. The number of anilines is 1. The molecule has 0 heterocycles. The Kier molecular flexibility index (Phi) is 4.52. The zero-order chi connectivity index (χ0) is 13.7. The Balaban J connectivity index is 2.65. The van der Waals surface area contributed by atoms with Gasteiger partial charge in [0, 0.05) is 0 Å². The zero-order valence-corrected chi connectivity index (χ0v) is 9.22. The van der Waals surface area contributed by atoms with Crippen LogP contribution in [0.1, 0.15) is 0 Å². The zero-order valence-electron chi connectivity index (χ0n) is 9.22. The number of ether oxygens (including phenoxy) is 1. The topological polar surface area (TPSA) is 67.4 Å². The first-order valence-electron chi connectivity index (χ1n) is 4.71. The van der Waals surface area contributed by atoms with Crippen LogP contribution in [0.2, 0.25) is 0 Å². The Hall–Kier alpha value is -2.25. The second-order valence-corrected chi connectivity index (χ2v) is 3.12. The molecule has 18 heavy (non-hydrogen) atoms. The van der Waals surface area contributed by atoms with Gasteiger partial charge in [-0.25, -0.2) is 18.0 Å². The van der Waals surface area contributed by atoms with E-state index in [0.29, 0.717) is 6.07 Å². The highest BCUT2D eigenvalue weighted by Gasteiger charge is 2.15. The van der Waals surface area contributed by atoms with Crippen LogP contribution in [0.5, 0.6) is 0 Å². The third-order valence-electron chi connectivity index (χ3n) is 1.89. The van der Waals surface area contributed by atoms with E-state index in [2.05, 4.69) is 4.74 Å². The third-order valence-corrected chi connectivity index (χ3v) is 1.89. The number of alkyl carbamates (subject to hydrolysis) is 1. The SMILES string of the molecule is COC(=O)NCC(=O)Nc1ccc(F)c(F)c1F. The van der Waals surface area contributed by atoms with Crippen LogP contribution in [0, 0.1) is 17.5 Å². The molecule has 1 aromatic rings. The van der Waals surface area contributed by atoms with Crippen LogP contribution < -0.4 is 10.6 Å². The predicted molar refractivity (Wildman–Crippen MR) is 55.4 cm³/mol. The molecule has 0 fully saturated rings. The Morgan fingerprint density at radius 1 is 1.22 bits per heavy atom. The normalized spacial score (nSPS) is 9.78. The standard InChI is InChI=1S/C10H9F3N2O3/c1-18-10(17)14-4-7(16)15-6-3-2-5(11)8(12)9(6)13/h2-3H,4H2,1H3,(H,14,17)(H,15,16). The molecule has 2 amide bonds. The van der Waals surface area contributed by atoms with Crippen molar-refractivity contribution in [1.29, 1.82) is 0 Å². The van der Waals surface area contributed by atoms with Gasteiger partial charge >= 0.3 is 6.09 Å². The molecule has 0 aliphatic carbocycles. The van der Waals surface area contributed by atoms with Gasteiger partial charge in [0.25, 0.3) is 0 Å². The highest BCUT2D eigenvalue weighted by molar-refractivity contribution is 5.93. The summed E-state index contributed by atoms with van der Waals surface area (Å²) >= 11 is 0. The van der Waals surface area contributed by atoms with Crippen molar-refractivity contribution in [2.24, 2.45) is 0 Å². The molecule has 1 aromatic carbocycles. The molecule has 0 radical (unpaired) electrons. The molecule has 0 aromatic heterocycles. The molecule has 98 valence electrons. The van der Waals surface area contributed by atoms with Gasteiger partial charge in [0.1, 0.15) is 6.54 Å². The molecule has 0 spiro atoms. The van der Waals surface area contributed by atoms with Gasteiger partial charge in [0.2, 0.25) is 5.91 Å². The van der Waals surface area contributed by atoms with Crippen molar-refractivity contribution in [3.05, 3.63) is 29.6 Å². The summed E-state index contributed by atoms with van der Waals surface area (Å²) in [5.41, 5.74) is -0.523. The molecule has 8 heteroatoms. The lowest BCUT2D eigenvalue weighted by molar-refractivity contribution is -0.115. The number of amides is 2. The number of nitrogens with one attached hydrogen (secondary N) is 2. The number of carbonyl (C=O) groups is 2. The van der Waals surface area contributed by atoms with Gasteiger partial charge in [-0.3, -0.25) is 4.79 Å². The first kappa shape index (κ1) is 13.8. The van der Waals surface area contributed by atoms with E-state index in [1.807, 2.05) is 10.6 Å². The highest BCUT2D eigenvalue weighted by atomic mass is 19.2. The molecule has 0 unspecified atom stereocenters. The fourth-order valence-corrected chi connectivity index (χ4v) is 1.04. The molecule has 0 aliphatic heterocycles. The highest BCUT2D eigenvalue weighted by Crippen LogP contribution is 2.19. The Bertz CT molecular complexity index is 480. The minimum absolute atomic E-state index is 0.495. The number of methoxy groups -OCH3 is 1. The van der Waals surface area contributed by atoms with Crippen molar-refractivity contribution >= 4 is 17.7 Å². The minimum atomic E-state index is -1.69. The number of hydrogen-bond donors (Lipinski definition) is 2. The number of carbonyl (C=O) groups excluding carboxylic acids is 2. The predicted octanol–water partition coefficient (Wildman–Crippen LogP) is 1.40. The summed E-state index contributed by atoms with van der Waals surface area (Å²) in [6.45, 7) is -0.495. The number of hydrogen-bond acceptors (Lipinski definition) is 3. The second kappa shape index (κ2) is 5.89. The summed E-state index contributed by atoms with van der Waals surface area (Å²) in [4.78, 5) is 21.9. The van der Waals surface area contributed by atoms with E-state index >= 15 is 0 Å². The lowest BCUT2D eigenvalue weighted by Gasteiger charge is -2.07. The maximum atomic E-state index is 13.1. The fourth-order valence-electron chi connectivity index (χ4n) is 1.04. The molecular formula is C10H9F3N2O3. The molecule has 5 nitrogen and oxygen atoms in total. The van der Waals surface area contributed by atoms with Crippen LogP contribution in [-0.2, 0) is 9.53 Å². The third kappa shape index (κ3) is 3.37. The minimum Gasteiger partial charge on any atom is -0.453 e. The largest absolute Gasteiger partial charge is 0.453 e. The maximum Gasteiger partial charge on any atom is 0.407 e. The van der Waals surface area contributed by atoms with Crippen molar-refractivity contribution in [3.8, 4) is 0 Å². The van der Waals surface area contributed by atoms with Crippen LogP contribution in [-0.4, -0.2) is 25.7 Å².